The summed E-state index contributed by atoms with van der Waals surface area (Å²) < 4.78 is 29.7. The number of fused-ring (bicyclic) bond motifs is 2. The van der Waals surface area contributed by atoms with E-state index >= 15 is 0 Å². The van der Waals surface area contributed by atoms with Crippen LogP contribution < -0.4 is 14.9 Å². The molecule has 2 heterocycles. The highest BCUT2D eigenvalue weighted by atomic mass is 16.7. The van der Waals surface area contributed by atoms with Crippen LogP contribution in [0, 0.1) is 0 Å². The number of rotatable bonds is 5. The number of benzene rings is 2. The Labute approximate surface area is 195 Å². The molecular formula is C26H31BO6. The smallest absolute Gasteiger partial charge is 0.492 e. The average Bonchev–Trinajstić information content (AvgIpc) is 3.42. The highest BCUT2D eigenvalue weighted by molar-refractivity contribution is 6.62. The molecule has 0 saturated carbocycles. The lowest BCUT2D eigenvalue weighted by molar-refractivity contribution is -0.141. The summed E-state index contributed by atoms with van der Waals surface area (Å²) in [4.78, 5) is 11.7. The van der Waals surface area contributed by atoms with E-state index in [-0.39, 0.29) is 36.3 Å². The maximum Gasteiger partial charge on any atom is 0.495 e. The Bertz CT molecular complexity index is 1060. The van der Waals surface area contributed by atoms with Crippen LogP contribution in [0.15, 0.2) is 36.4 Å². The zero-order valence-corrected chi connectivity index (χ0v) is 20.0. The third-order valence-corrected chi connectivity index (χ3v) is 7.54. The van der Waals surface area contributed by atoms with Crippen molar-refractivity contribution in [2.24, 2.45) is 0 Å². The first-order valence-electron chi connectivity index (χ1n) is 11.7. The molecule has 2 aromatic carbocycles. The molecule has 5 rings (SSSR count). The van der Waals surface area contributed by atoms with Gasteiger partial charge in [0.05, 0.1) is 31.3 Å². The Balaban J connectivity index is 1.34. The SMILES string of the molecule is COC(=O)CC1COc2cc(OC3CCc4c(B5OC(C)(C)C(C)(C)O5)cccc43)ccc21. The summed E-state index contributed by atoms with van der Waals surface area (Å²) in [6, 6.07) is 12.2. The largest absolute Gasteiger partial charge is 0.495 e. The van der Waals surface area contributed by atoms with Gasteiger partial charge in [-0.15, -0.1) is 0 Å². The molecule has 0 spiro atoms. The molecule has 7 heteroatoms. The number of methoxy groups -OCH3 is 1. The van der Waals surface area contributed by atoms with E-state index in [1.807, 2.05) is 18.2 Å². The van der Waals surface area contributed by atoms with Crippen molar-refractivity contribution in [3.8, 4) is 11.5 Å². The van der Waals surface area contributed by atoms with Crippen LogP contribution in [0.5, 0.6) is 11.5 Å². The Morgan fingerprint density at radius 3 is 2.58 bits per heavy atom. The number of ether oxygens (including phenoxy) is 3. The zero-order valence-electron chi connectivity index (χ0n) is 20.0. The van der Waals surface area contributed by atoms with Gasteiger partial charge in [-0.05, 0) is 63.2 Å². The van der Waals surface area contributed by atoms with E-state index in [1.165, 1.54) is 18.2 Å². The Morgan fingerprint density at radius 2 is 1.85 bits per heavy atom. The minimum absolute atomic E-state index is 0.0242. The van der Waals surface area contributed by atoms with Crippen LogP contribution in [0.4, 0.5) is 0 Å². The first kappa shape index (κ1) is 22.3. The van der Waals surface area contributed by atoms with Crippen molar-refractivity contribution in [3.05, 3.63) is 53.1 Å². The van der Waals surface area contributed by atoms with Gasteiger partial charge in [-0.2, -0.15) is 0 Å². The number of hydrogen-bond acceptors (Lipinski definition) is 6. The fourth-order valence-corrected chi connectivity index (χ4v) is 4.91. The molecule has 174 valence electrons. The van der Waals surface area contributed by atoms with Crippen molar-refractivity contribution in [1.29, 1.82) is 0 Å². The molecule has 0 bridgehead atoms. The van der Waals surface area contributed by atoms with Gasteiger partial charge in [-0.1, -0.05) is 24.3 Å². The summed E-state index contributed by atoms with van der Waals surface area (Å²) in [5, 5.41) is 0. The Kier molecular flexibility index (Phi) is 5.45. The van der Waals surface area contributed by atoms with Gasteiger partial charge in [-0.25, -0.2) is 0 Å². The summed E-state index contributed by atoms with van der Waals surface area (Å²) in [6.45, 7) is 8.79. The van der Waals surface area contributed by atoms with Gasteiger partial charge < -0.3 is 23.5 Å². The van der Waals surface area contributed by atoms with Crippen molar-refractivity contribution in [2.45, 2.75) is 70.2 Å². The molecule has 2 atom stereocenters. The molecule has 33 heavy (non-hydrogen) atoms. The zero-order chi connectivity index (χ0) is 23.4. The van der Waals surface area contributed by atoms with Gasteiger partial charge in [0.15, 0.2) is 0 Å². The molecule has 1 fully saturated rings. The molecule has 0 aromatic heterocycles. The number of esters is 1. The minimum Gasteiger partial charge on any atom is -0.492 e. The van der Waals surface area contributed by atoms with E-state index in [0.29, 0.717) is 13.0 Å². The molecule has 1 saturated heterocycles. The standard InChI is InChI=1S/C26H31BO6/c1-25(2)26(3,4)33-27(32-25)21-8-6-7-20-19(21)11-12-22(20)31-17-9-10-18-16(13-24(28)29-5)15-30-23(18)14-17/h6-10,14,16,22H,11-13,15H2,1-5H3. The summed E-state index contributed by atoms with van der Waals surface area (Å²) >= 11 is 0. The predicted molar refractivity (Wildman–Crippen MR) is 125 cm³/mol. The Hall–Kier alpha value is -2.51. The topological polar surface area (TPSA) is 63.2 Å². The van der Waals surface area contributed by atoms with Crippen molar-refractivity contribution in [3.63, 3.8) is 0 Å². The van der Waals surface area contributed by atoms with Gasteiger partial charge in [0.25, 0.3) is 0 Å². The van der Waals surface area contributed by atoms with Crippen LogP contribution in [0.3, 0.4) is 0 Å². The third kappa shape index (κ3) is 3.91. The molecule has 0 radical (unpaired) electrons. The van der Waals surface area contributed by atoms with Gasteiger partial charge in [0, 0.05) is 17.5 Å². The molecule has 1 aliphatic carbocycles. The van der Waals surface area contributed by atoms with Gasteiger partial charge in [0.2, 0.25) is 0 Å². The lowest BCUT2D eigenvalue weighted by Gasteiger charge is -2.32. The van der Waals surface area contributed by atoms with Crippen LogP contribution in [0.25, 0.3) is 0 Å². The molecule has 0 N–H and O–H groups in total. The molecular weight excluding hydrogens is 419 g/mol. The van der Waals surface area contributed by atoms with E-state index in [9.17, 15) is 4.79 Å². The summed E-state index contributed by atoms with van der Waals surface area (Å²) in [6.07, 6.45) is 2.10. The van der Waals surface area contributed by atoms with Crippen LogP contribution in [0.1, 0.15) is 69.2 Å². The van der Waals surface area contributed by atoms with Crippen molar-refractivity contribution < 1.29 is 28.3 Å². The molecule has 2 unspecified atom stereocenters. The number of carbonyl (C=O) groups excluding carboxylic acids is 1. The van der Waals surface area contributed by atoms with Crippen LogP contribution in [0.2, 0.25) is 0 Å². The summed E-state index contributed by atoms with van der Waals surface area (Å²) in [5.74, 6) is 1.35. The fourth-order valence-electron chi connectivity index (χ4n) is 4.91. The quantitative estimate of drug-likeness (QED) is 0.505. The minimum atomic E-state index is -0.371. The van der Waals surface area contributed by atoms with Crippen molar-refractivity contribution in [2.75, 3.05) is 13.7 Å². The normalized spacial score (nSPS) is 24.2. The van der Waals surface area contributed by atoms with E-state index < -0.39 is 0 Å². The van der Waals surface area contributed by atoms with Gasteiger partial charge >= 0.3 is 13.1 Å². The molecule has 6 nitrogen and oxygen atoms in total. The molecule has 2 aromatic rings. The number of carbonyl (C=O) groups is 1. The van der Waals surface area contributed by atoms with E-state index in [4.69, 9.17) is 23.5 Å². The van der Waals surface area contributed by atoms with E-state index in [2.05, 4.69) is 45.9 Å². The lowest BCUT2D eigenvalue weighted by atomic mass is 9.75. The first-order valence-corrected chi connectivity index (χ1v) is 11.7. The second kappa shape index (κ2) is 8.06. The van der Waals surface area contributed by atoms with Crippen LogP contribution in [-0.4, -0.2) is 38.0 Å². The van der Waals surface area contributed by atoms with Crippen molar-refractivity contribution in [1.82, 2.24) is 0 Å². The second-order valence-electron chi connectivity index (χ2n) is 10.1. The van der Waals surface area contributed by atoms with Gasteiger partial charge in [0.1, 0.15) is 17.6 Å². The maximum atomic E-state index is 11.7. The molecule has 0 amide bonds. The van der Waals surface area contributed by atoms with Crippen LogP contribution in [-0.2, 0) is 25.3 Å². The monoisotopic (exact) mass is 450 g/mol. The lowest BCUT2D eigenvalue weighted by Crippen LogP contribution is -2.41. The third-order valence-electron chi connectivity index (χ3n) is 7.54. The molecule has 3 aliphatic rings. The average molecular weight is 450 g/mol. The van der Waals surface area contributed by atoms with Gasteiger partial charge in [-0.3, -0.25) is 4.79 Å². The first-order chi connectivity index (χ1) is 15.7. The fraction of sp³-hybridized carbons (Fsp3) is 0.500. The van der Waals surface area contributed by atoms with E-state index in [0.717, 1.165) is 35.4 Å². The summed E-state index contributed by atoms with van der Waals surface area (Å²) in [5.41, 5.74) is 3.84. The Morgan fingerprint density at radius 1 is 1.09 bits per heavy atom. The molecule has 2 aliphatic heterocycles. The highest BCUT2D eigenvalue weighted by Gasteiger charge is 2.52. The highest BCUT2D eigenvalue weighted by Crippen LogP contribution is 2.42. The second-order valence-corrected chi connectivity index (χ2v) is 10.1. The maximum absolute atomic E-state index is 11.7. The van der Waals surface area contributed by atoms with E-state index in [1.54, 1.807) is 0 Å². The summed E-state index contributed by atoms with van der Waals surface area (Å²) in [7, 11) is 1.04. The van der Waals surface area contributed by atoms with Crippen molar-refractivity contribution >= 4 is 18.6 Å². The number of hydrogen-bond donors (Lipinski definition) is 0. The van der Waals surface area contributed by atoms with Crippen LogP contribution >= 0.6 is 0 Å². The predicted octanol–water partition coefficient (Wildman–Crippen LogP) is 4.09.